The van der Waals surface area contributed by atoms with Crippen LogP contribution in [0.5, 0.6) is 0 Å². The third kappa shape index (κ3) is 8.50. The number of thioether (sulfide) groups is 1. The van der Waals surface area contributed by atoms with Gasteiger partial charge in [0.2, 0.25) is 0 Å². The van der Waals surface area contributed by atoms with Gasteiger partial charge in [0.1, 0.15) is 5.82 Å². The first-order valence-corrected chi connectivity index (χ1v) is 11.5. The lowest BCUT2D eigenvalue weighted by molar-refractivity contribution is -0.130. The minimum Gasteiger partial charge on any atom is -0.378 e. The molecule has 4 N–H and O–H groups in total. The van der Waals surface area contributed by atoms with E-state index in [9.17, 15) is 14.0 Å². The lowest BCUT2D eigenvalue weighted by Gasteiger charge is -2.27. The van der Waals surface area contributed by atoms with Crippen LogP contribution in [0.1, 0.15) is 19.4 Å². The second-order valence-corrected chi connectivity index (χ2v) is 8.97. The van der Waals surface area contributed by atoms with Gasteiger partial charge in [0.15, 0.2) is 5.17 Å². The number of amidine groups is 1. The number of hydrogen-bond acceptors (Lipinski definition) is 6. The van der Waals surface area contributed by atoms with Crippen LogP contribution in [0.15, 0.2) is 50.5 Å². The number of morpholine rings is 1. The van der Waals surface area contributed by atoms with E-state index in [-0.39, 0.29) is 38.3 Å². The molecule has 12 heteroatoms. The van der Waals surface area contributed by atoms with Crippen molar-refractivity contribution >= 4 is 58.1 Å². The van der Waals surface area contributed by atoms with E-state index in [1.54, 1.807) is 30.9 Å². The van der Waals surface area contributed by atoms with Crippen LogP contribution in [0.2, 0.25) is 0 Å². The molecule has 0 radical (unpaired) electrons. The highest BCUT2D eigenvalue weighted by molar-refractivity contribution is 8.26. The van der Waals surface area contributed by atoms with Crippen LogP contribution in [0.4, 0.5) is 9.18 Å². The van der Waals surface area contributed by atoms with E-state index in [4.69, 9.17) is 27.5 Å². The molecule has 0 aliphatic carbocycles. The van der Waals surface area contributed by atoms with E-state index in [0.717, 1.165) is 17.3 Å². The molecule has 1 fully saturated rings. The van der Waals surface area contributed by atoms with Crippen LogP contribution in [-0.4, -0.2) is 53.4 Å². The first-order valence-electron chi connectivity index (χ1n) is 9.87. The summed E-state index contributed by atoms with van der Waals surface area (Å²) in [5, 5.41) is 10.7. The Balaban J connectivity index is 1.98. The van der Waals surface area contributed by atoms with Gasteiger partial charge >= 0.3 is 6.03 Å². The zero-order valence-corrected chi connectivity index (χ0v) is 20.6. The summed E-state index contributed by atoms with van der Waals surface area (Å²) in [5.74, 6) is -0.678. The van der Waals surface area contributed by atoms with Gasteiger partial charge in [0.25, 0.3) is 5.91 Å². The van der Waals surface area contributed by atoms with Gasteiger partial charge in [-0.15, -0.1) is 12.6 Å². The molecule has 3 amide bonds. The molecule has 0 unspecified atom stereocenters. The van der Waals surface area contributed by atoms with E-state index >= 15 is 0 Å². The van der Waals surface area contributed by atoms with Gasteiger partial charge in [-0.25, -0.2) is 9.18 Å². The summed E-state index contributed by atoms with van der Waals surface area (Å²) >= 11 is 11.4. The predicted molar refractivity (Wildman–Crippen MR) is 133 cm³/mol. The average molecular weight is 514 g/mol. The molecule has 1 saturated heterocycles. The molecule has 33 heavy (non-hydrogen) atoms. The molecule has 0 saturated carbocycles. The lowest BCUT2D eigenvalue weighted by atomic mass is 10.2. The number of carbonyl (C=O) groups is 2. The minimum atomic E-state index is -0.754. The Morgan fingerprint density at radius 3 is 2.52 bits per heavy atom. The maximum absolute atomic E-state index is 13.0. The smallest absolute Gasteiger partial charge is 0.347 e. The average Bonchev–Trinajstić information content (AvgIpc) is 2.78. The van der Waals surface area contributed by atoms with Crippen molar-refractivity contribution in [3.63, 3.8) is 0 Å². The quantitative estimate of drug-likeness (QED) is 0.157. The summed E-state index contributed by atoms with van der Waals surface area (Å²) in [6.45, 7) is 5.05. The number of halogens is 2. The minimum absolute atomic E-state index is 0.0671. The number of thiol groups is 1. The first kappa shape index (κ1) is 26.9. The lowest BCUT2D eigenvalue weighted by Crippen LogP contribution is -2.41. The Hall–Kier alpha value is -2.34. The van der Waals surface area contributed by atoms with Gasteiger partial charge in [-0.1, -0.05) is 23.7 Å². The number of allylic oxidation sites excluding steroid dienone is 3. The molecule has 0 bridgehead atoms. The van der Waals surface area contributed by atoms with E-state index in [1.807, 2.05) is 0 Å². The topological polar surface area (TPSA) is 121 Å². The van der Waals surface area contributed by atoms with Crippen molar-refractivity contribution in [2.24, 2.45) is 10.7 Å². The summed E-state index contributed by atoms with van der Waals surface area (Å²) < 4.78 is 18.2. The van der Waals surface area contributed by atoms with E-state index < -0.39 is 6.03 Å². The highest BCUT2D eigenvalue weighted by Crippen LogP contribution is 2.25. The molecule has 1 aliphatic heterocycles. The van der Waals surface area contributed by atoms with E-state index in [0.29, 0.717) is 37.6 Å². The summed E-state index contributed by atoms with van der Waals surface area (Å²) in [4.78, 5) is 30.1. The van der Waals surface area contributed by atoms with Crippen LogP contribution in [-0.2, 0) is 16.0 Å². The highest BCUT2D eigenvalue weighted by atomic mass is 35.5. The Kier molecular flexibility index (Phi) is 10.4. The molecule has 2 rings (SSSR count). The second-order valence-electron chi connectivity index (χ2n) is 7.03. The molecule has 1 heterocycles. The number of carbonyl (C=O) groups excluding carboxylic acids is 2. The number of nitrogens with zero attached hydrogens (tertiary/aromatic N) is 2. The van der Waals surface area contributed by atoms with Gasteiger partial charge in [-0.05, 0) is 48.9 Å². The zero-order chi connectivity index (χ0) is 24.5. The summed E-state index contributed by atoms with van der Waals surface area (Å²) in [6.07, 6.45) is 0.225. The fourth-order valence-corrected chi connectivity index (χ4v) is 3.86. The molecule has 0 spiro atoms. The first-order chi connectivity index (χ1) is 15.6. The monoisotopic (exact) mass is 513 g/mol. The fraction of sp³-hybridized carbons (Fsp3) is 0.333. The number of urea groups is 1. The number of ether oxygens (including phenoxy) is 1. The standard InChI is InChI=1S/C21H25ClFN5O3S2/c1-12(17(22)18(32)19(29)28-7-9-31-10-8-28)13(2)26-21(30)27-20(25)33-16(24)11-14-3-5-15(23)6-4-14/h3-6,24,32H,7-11H2,1-2H3,(H3,25,26,27,30)/b13-12+,18-17+,24-16?. The predicted octanol–water partition coefficient (Wildman–Crippen LogP) is 3.64. The number of benzene rings is 1. The Morgan fingerprint density at radius 1 is 1.30 bits per heavy atom. The second kappa shape index (κ2) is 12.8. The third-order valence-corrected chi connectivity index (χ3v) is 6.32. The van der Waals surface area contributed by atoms with Gasteiger partial charge in [-0.3, -0.25) is 10.2 Å². The number of nitrogens with one attached hydrogen (secondary N) is 2. The van der Waals surface area contributed by atoms with Gasteiger partial charge < -0.3 is 20.7 Å². The van der Waals surface area contributed by atoms with E-state index in [1.165, 1.54) is 12.1 Å². The Morgan fingerprint density at radius 2 is 1.91 bits per heavy atom. The molecule has 8 nitrogen and oxygen atoms in total. The maximum Gasteiger partial charge on any atom is 0.347 e. The van der Waals surface area contributed by atoms with Crippen LogP contribution in [0, 0.1) is 11.2 Å². The molecule has 0 atom stereocenters. The summed E-state index contributed by atoms with van der Waals surface area (Å²) in [5.41, 5.74) is 7.31. The van der Waals surface area contributed by atoms with E-state index in [2.05, 4.69) is 22.9 Å². The van der Waals surface area contributed by atoms with Crippen molar-refractivity contribution in [2.75, 3.05) is 26.3 Å². The molecule has 1 aromatic carbocycles. The SMILES string of the molecule is C/C(NC(=O)/N=C(/N)SC(=N)Cc1ccc(F)cc1)=C(C)\C(Cl)=C(/S)C(=O)N1CCOCC1. The van der Waals surface area contributed by atoms with Crippen LogP contribution in [0.25, 0.3) is 0 Å². The summed E-state index contributed by atoms with van der Waals surface area (Å²) in [7, 11) is 0. The van der Waals surface area contributed by atoms with Crippen LogP contribution in [0.3, 0.4) is 0 Å². The van der Waals surface area contributed by atoms with Crippen molar-refractivity contribution in [3.8, 4) is 0 Å². The van der Waals surface area contributed by atoms with Crippen molar-refractivity contribution < 1.29 is 18.7 Å². The van der Waals surface area contributed by atoms with Crippen molar-refractivity contribution in [1.29, 1.82) is 5.41 Å². The normalized spacial score (nSPS) is 16.0. The molecule has 0 aromatic heterocycles. The van der Waals surface area contributed by atoms with Gasteiger partial charge in [-0.2, -0.15) is 4.99 Å². The molecule has 1 aliphatic rings. The molecule has 178 valence electrons. The molecular weight excluding hydrogens is 489 g/mol. The van der Waals surface area contributed by atoms with Crippen molar-refractivity contribution in [2.45, 2.75) is 20.3 Å². The number of aliphatic imine (C=N–C) groups is 1. The number of amides is 3. The summed E-state index contributed by atoms with van der Waals surface area (Å²) in [6, 6.07) is 4.99. The molecule has 1 aromatic rings. The van der Waals surface area contributed by atoms with Gasteiger partial charge in [0.05, 0.1) is 28.2 Å². The highest BCUT2D eigenvalue weighted by Gasteiger charge is 2.22. The van der Waals surface area contributed by atoms with Crippen molar-refractivity contribution in [1.82, 2.24) is 10.2 Å². The number of hydrogen-bond donors (Lipinski definition) is 4. The third-order valence-electron chi connectivity index (χ3n) is 4.61. The van der Waals surface area contributed by atoms with Crippen LogP contribution >= 0.6 is 36.0 Å². The zero-order valence-electron chi connectivity index (χ0n) is 18.2. The maximum atomic E-state index is 13.0. The fourth-order valence-electron chi connectivity index (χ4n) is 2.71. The Bertz CT molecular complexity index is 1010. The molecular formula is C21H25ClFN5O3S2. The van der Waals surface area contributed by atoms with Crippen LogP contribution < -0.4 is 11.1 Å². The number of nitrogens with two attached hydrogens (primary N) is 1. The largest absolute Gasteiger partial charge is 0.378 e. The number of rotatable bonds is 5. The van der Waals surface area contributed by atoms with Crippen molar-refractivity contribution in [3.05, 3.63) is 56.9 Å². The van der Waals surface area contributed by atoms with Gasteiger partial charge in [0, 0.05) is 25.2 Å². The Labute approximate surface area is 206 Å².